The zero-order valence-electron chi connectivity index (χ0n) is 8.64. The van der Waals surface area contributed by atoms with E-state index in [0.29, 0.717) is 13.0 Å². The number of imide groups is 1. The van der Waals surface area contributed by atoms with Gasteiger partial charge in [0.15, 0.2) is 0 Å². The van der Waals surface area contributed by atoms with Crippen LogP contribution in [0, 0.1) is 0 Å². The average Bonchev–Trinajstić information content (AvgIpc) is 2.62. The zero-order chi connectivity index (χ0) is 10.8. The molecule has 1 saturated heterocycles. The van der Waals surface area contributed by atoms with Crippen LogP contribution in [0.5, 0.6) is 0 Å². The van der Waals surface area contributed by atoms with Gasteiger partial charge in [0.05, 0.1) is 0 Å². The van der Waals surface area contributed by atoms with Crippen molar-refractivity contribution in [3.63, 3.8) is 0 Å². The molecule has 1 atom stereocenters. The summed E-state index contributed by atoms with van der Waals surface area (Å²) in [6.45, 7) is 1.96. The number of rotatable bonds is 1. The molecule has 0 aromatic heterocycles. The Bertz CT molecular complexity index is 386. The van der Waals surface area contributed by atoms with Crippen LogP contribution < -0.4 is 0 Å². The Hall–Kier alpha value is -1.64. The molecule has 0 spiro atoms. The van der Waals surface area contributed by atoms with E-state index < -0.39 is 0 Å². The van der Waals surface area contributed by atoms with Gasteiger partial charge in [-0.1, -0.05) is 30.3 Å². The molecule has 0 aliphatic carbocycles. The van der Waals surface area contributed by atoms with E-state index in [-0.39, 0.29) is 17.7 Å². The Kier molecular flexibility index (Phi) is 2.54. The molecule has 1 heterocycles. The van der Waals surface area contributed by atoms with E-state index in [9.17, 15) is 9.59 Å². The molecule has 3 heteroatoms. The van der Waals surface area contributed by atoms with Crippen molar-refractivity contribution < 1.29 is 9.59 Å². The predicted octanol–water partition coefficient (Wildman–Crippen LogP) is 1.55. The van der Waals surface area contributed by atoms with Crippen LogP contribution in [-0.2, 0) is 9.59 Å². The molecule has 0 N–H and O–H groups in total. The predicted molar refractivity (Wildman–Crippen MR) is 56.2 cm³/mol. The van der Waals surface area contributed by atoms with Gasteiger partial charge in [0.25, 0.3) is 0 Å². The molecule has 2 rings (SSSR count). The van der Waals surface area contributed by atoms with Crippen LogP contribution >= 0.6 is 0 Å². The second-order valence-electron chi connectivity index (χ2n) is 3.84. The number of amides is 2. The number of nitrogens with zero attached hydrogens (tertiary/aromatic N) is 1. The molecule has 1 aromatic carbocycles. The third-order valence-corrected chi connectivity index (χ3v) is 2.78. The van der Waals surface area contributed by atoms with Crippen molar-refractivity contribution in [1.82, 2.24) is 4.90 Å². The highest BCUT2D eigenvalue weighted by molar-refractivity contribution is 5.96. The molecule has 1 aromatic rings. The smallest absolute Gasteiger partial charge is 0.229 e. The second-order valence-corrected chi connectivity index (χ2v) is 3.84. The van der Waals surface area contributed by atoms with Gasteiger partial charge in [-0.25, -0.2) is 0 Å². The van der Waals surface area contributed by atoms with Crippen LogP contribution in [0.25, 0.3) is 0 Å². The van der Waals surface area contributed by atoms with Gasteiger partial charge in [-0.3, -0.25) is 14.5 Å². The van der Waals surface area contributed by atoms with Crippen molar-refractivity contribution in [2.24, 2.45) is 0 Å². The maximum atomic E-state index is 11.5. The summed E-state index contributed by atoms with van der Waals surface area (Å²) in [5.74, 6) is -0.0441. The second kappa shape index (κ2) is 3.85. The first-order chi connectivity index (χ1) is 7.18. The summed E-state index contributed by atoms with van der Waals surface area (Å²) < 4.78 is 0. The molecule has 0 bridgehead atoms. The maximum Gasteiger partial charge on any atom is 0.229 e. The van der Waals surface area contributed by atoms with Crippen LogP contribution in [0.1, 0.15) is 24.8 Å². The first-order valence-corrected chi connectivity index (χ1v) is 5.04. The highest BCUT2D eigenvalue weighted by atomic mass is 16.2. The summed E-state index contributed by atoms with van der Waals surface area (Å²) in [6, 6.07) is 9.86. The lowest BCUT2D eigenvalue weighted by molar-refractivity contribution is -0.140. The lowest BCUT2D eigenvalue weighted by atomic mass is 9.99. The quantitative estimate of drug-likeness (QED) is 0.694. The van der Waals surface area contributed by atoms with Gasteiger partial charge in [0.1, 0.15) is 0 Å². The molecular weight excluding hydrogens is 190 g/mol. The maximum absolute atomic E-state index is 11.5. The van der Waals surface area contributed by atoms with Crippen LogP contribution in [0.15, 0.2) is 30.3 Å². The lowest BCUT2D eigenvalue weighted by Gasteiger charge is -2.11. The Morgan fingerprint density at radius 2 is 2.00 bits per heavy atom. The van der Waals surface area contributed by atoms with Crippen molar-refractivity contribution in [2.45, 2.75) is 19.3 Å². The van der Waals surface area contributed by atoms with Crippen molar-refractivity contribution in [3.8, 4) is 0 Å². The van der Waals surface area contributed by atoms with Gasteiger partial charge < -0.3 is 0 Å². The number of benzene rings is 1. The zero-order valence-corrected chi connectivity index (χ0v) is 8.64. The fraction of sp³-hybridized carbons (Fsp3) is 0.333. The number of carbonyl (C=O) groups is 2. The summed E-state index contributed by atoms with van der Waals surface area (Å²) in [5, 5.41) is 0. The molecule has 0 saturated carbocycles. The molecule has 78 valence electrons. The SMILES string of the molecule is CC(=O)N1C[C@@H](c2ccccc2)CC1=O. The number of likely N-dealkylation sites (tertiary alicyclic amines) is 1. The highest BCUT2D eigenvalue weighted by Crippen LogP contribution is 2.27. The highest BCUT2D eigenvalue weighted by Gasteiger charge is 2.32. The first-order valence-electron chi connectivity index (χ1n) is 5.04. The Balaban J connectivity index is 2.16. The minimum atomic E-state index is -0.154. The summed E-state index contributed by atoms with van der Waals surface area (Å²) in [7, 11) is 0. The lowest BCUT2D eigenvalue weighted by Crippen LogP contribution is -2.29. The van der Waals surface area contributed by atoms with Crippen molar-refractivity contribution in [1.29, 1.82) is 0 Å². The molecule has 15 heavy (non-hydrogen) atoms. The third kappa shape index (κ3) is 1.91. The minimum absolute atomic E-state index is 0.0589. The molecule has 2 amide bonds. The summed E-state index contributed by atoms with van der Waals surface area (Å²) in [4.78, 5) is 24.0. The van der Waals surface area contributed by atoms with Gasteiger partial charge in [0, 0.05) is 25.8 Å². The average molecular weight is 203 g/mol. The van der Waals surface area contributed by atoms with E-state index in [1.165, 1.54) is 11.8 Å². The molecule has 1 fully saturated rings. The van der Waals surface area contributed by atoms with E-state index in [1.807, 2.05) is 30.3 Å². The van der Waals surface area contributed by atoms with E-state index in [0.717, 1.165) is 5.56 Å². The van der Waals surface area contributed by atoms with Crippen LogP contribution in [0.2, 0.25) is 0 Å². The number of carbonyl (C=O) groups excluding carboxylic acids is 2. The van der Waals surface area contributed by atoms with Crippen molar-refractivity contribution >= 4 is 11.8 Å². The fourth-order valence-corrected chi connectivity index (χ4v) is 1.96. The van der Waals surface area contributed by atoms with Crippen LogP contribution in [0.4, 0.5) is 0 Å². The van der Waals surface area contributed by atoms with E-state index in [4.69, 9.17) is 0 Å². The fourth-order valence-electron chi connectivity index (χ4n) is 1.96. The van der Waals surface area contributed by atoms with Gasteiger partial charge in [-0.05, 0) is 5.56 Å². The van der Waals surface area contributed by atoms with Crippen molar-refractivity contribution in [2.75, 3.05) is 6.54 Å². The normalized spacial score (nSPS) is 20.7. The van der Waals surface area contributed by atoms with Gasteiger partial charge >= 0.3 is 0 Å². The molecule has 0 radical (unpaired) electrons. The van der Waals surface area contributed by atoms with E-state index in [2.05, 4.69) is 0 Å². The van der Waals surface area contributed by atoms with Gasteiger partial charge in [-0.2, -0.15) is 0 Å². The van der Waals surface area contributed by atoms with Gasteiger partial charge in [0.2, 0.25) is 11.8 Å². The summed E-state index contributed by atoms with van der Waals surface area (Å²) in [6.07, 6.45) is 0.448. The molecule has 1 aliphatic rings. The number of hydrogen-bond acceptors (Lipinski definition) is 2. The molecular formula is C12H13NO2. The Morgan fingerprint density at radius 1 is 1.33 bits per heavy atom. The van der Waals surface area contributed by atoms with Crippen LogP contribution in [-0.4, -0.2) is 23.3 Å². The van der Waals surface area contributed by atoms with E-state index >= 15 is 0 Å². The summed E-state index contributed by atoms with van der Waals surface area (Å²) >= 11 is 0. The molecule has 1 aliphatic heterocycles. The first kappa shape index (κ1) is 9.90. The molecule has 0 unspecified atom stereocenters. The largest absolute Gasteiger partial charge is 0.282 e. The Morgan fingerprint density at radius 3 is 2.53 bits per heavy atom. The van der Waals surface area contributed by atoms with Crippen molar-refractivity contribution in [3.05, 3.63) is 35.9 Å². The third-order valence-electron chi connectivity index (χ3n) is 2.78. The van der Waals surface area contributed by atoms with Gasteiger partial charge in [-0.15, -0.1) is 0 Å². The topological polar surface area (TPSA) is 37.4 Å². The minimum Gasteiger partial charge on any atom is -0.282 e. The summed E-state index contributed by atoms with van der Waals surface area (Å²) in [5.41, 5.74) is 1.13. The number of hydrogen-bond donors (Lipinski definition) is 0. The van der Waals surface area contributed by atoms with Crippen LogP contribution in [0.3, 0.4) is 0 Å². The standard InChI is InChI=1S/C12H13NO2/c1-9(14)13-8-11(7-12(13)15)10-5-3-2-4-6-10/h2-6,11H,7-8H2,1H3/t11-/m0/s1. The monoisotopic (exact) mass is 203 g/mol. The Labute approximate surface area is 88.7 Å². The molecule has 3 nitrogen and oxygen atoms in total. The van der Waals surface area contributed by atoms with E-state index in [1.54, 1.807) is 0 Å².